The van der Waals surface area contributed by atoms with Crippen LogP contribution in [0.4, 0.5) is 0 Å². The molecule has 0 aliphatic carbocycles. The molecule has 0 saturated heterocycles. The number of phosphoric acid groups is 2. The van der Waals surface area contributed by atoms with E-state index in [1.807, 2.05) is 0 Å². The highest BCUT2D eigenvalue weighted by molar-refractivity contribution is 7.47. The van der Waals surface area contributed by atoms with Gasteiger partial charge in [-0.05, 0) is 37.5 Å². The largest absolute Gasteiger partial charge is 0.472 e. The molecule has 0 radical (unpaired) electrons. The molecule has 0 aromatic rings. The van der Waals surface area contributed by atoms with Gasteiger partial charge in [0.2, 0.25) is 0 Å². The van der Waals surface area contributed by atoms with Gasteiger partial charge in [-0.1, -0.05) is 324 Å². The summed E-state index contributed by atoms with van der Waals surface area (Å²) in [6.45, 7) is 9.58. The topological polar surface area (TPSA) is 237 Å². The van der Waals surface area contributed by atoms with Crippen molar-refractivity contribution < 1.29 is 80.2 Å². The molecule has 546 valence electrons. The van der Waals surface area contributed by atoms with Crippen molar-refractivity contribution in [2.24, 2.45) is 11.8 Å². The minimum Gasteiger partial charge on any atom is -0.462 e. The van der Waals surface area contributed by atoms with Crippen LogP contribution in [-0.2, 0) is 65.4 Å². The van der Waals surface area contributed by atoms with Gasteiger partial charge in [0.25, 0.3) is 0 Å². The van der Waals surface area contributed by atoms with Gasteiger partial charge in [-0.15, -0.1) is 0 Å². The second kappa shape index (κ2) is 65.0. The van der Waals surface area contributed by atoms with Crippen molar-refractivity contribution >= 4 is 39.5 Å². The maximum Gasteiger partial charge on any atom is 0.472 e. The Morgan fingerprint density at radius 3 is 0.739 bits per heavy atom. The number of phosphoric ester groups is 2. The van der Waals surface area contributed by atoms with Gasteiger partial charge in [0.1, 0.15) is 19.3 Å². The van der Waals surface area contributed by atoms with Crippen LogP contribution in [0.3, 0.4) is 0 Å². The van der Waals surface area contributed by atoms with Crippen LogP contribution < -0.4 is 0 Å². The number of unbranched alkanes of at least 4 members (excludes halogenated alkanes) is 42. The summed E-state index contributed by atoms with van der Waals surface area (Å²) in [7, 11) is -9.90. The highest BCUT2D eigenvalue weighted by atomic mass is 31.2. The highest BCUT2D eigenvalue weighted by Crippen LogP contribution is 2.45. The maximum atomic E-state index is 13.1. The summed E-state index contributed by atoms with van der Waals surface area (Å²) in [5.41, 5.74) is 0. The van der Waals surface area contributed by atoms with Gasteiger partial charge < -0.3 is 33.8 Å². The van der Waals surface area contributed by atoms with E-state index >= 15 is 0 Å². The van der Waals surface area contributed by atoms with Crippen LogP contribution in [0, 0.1) is 11.8 Å². The first-order chi connectivity index (χ1) is 44.4. The van der Waals surface area contributed by atoms with E-state index in [0.717, 1.165) is 108 Å². The number of hydrogen-bond acceptors (Lipinski definition) is 15. The molecule has 0 heterocycles. The Labute approximate surface area is 562 Å². The van der Waals surface area contributed by atoms with Gasteiger partial charge in [0.05, 0.1) is 26.4 Å². The first-order valence-electron chi connectivity index (χ1n) is 38.0. The smallest absolute Gasteiger partial charge is 0.462 e. The van der Waals surface area contributed by atoms with Gasteiger partial charge in [0, 0.05) is 25.7 Å². The molecule has 92 heavy (non-hydrogen) atoms. The Bertz CT molecular complexity index is 1790. The Morgan fingerprint density at radius 2 is 0.500 bits per heavy atom. The maximum absolute atomic E-state index is 13.1. The molecule has 0 aliphatic rings. The lowest BCUT2D eigenvalue weighted by atomic mass is 10.0. The van der Waals surface area contributed by atoms with Crippen LogP contribution >= 0.6 is 15.6 Å². The molecule has 19 heteroatoms. The van der Waals surface area contributed by atoms with Crippen molar-refractivity contribution in [3.05, 3.63) is 0 Å². The van der Waals surface area contributed by atoms with E-state index in [4.69, 9.17) is 37.0 Å². The monoisotopic (exact) mass is 1350 g/mol. The fourth-order valence-corrected chi connectivity index (χ4v) is 12.7. The van der Waals surface area contributed by atoms with Gasteiger partial charge in [0.15, 0.2) is 12.2 Å². The van der Waals surface area contributed by atoms with Crippen LogP contribution in [0.2, 0.25) is 0 Å². The SMILES string of the molecule is CCCCCCCCCCCC(=O)O[C@H](COC(=O)CCCCCCCCCC)COP(=O)(O)OC[C@H](O)COP(=O)(O)OC[C@@H](COC(=O)CCCCCCCCCCCCCCCCC(C)C)OC(=O)CCCCCCCCCCCCCCCCCC(C)C. The molecule has 0 bridgehead atoms. The van der Waals surface area contributed by atoms with E-state index in [-0.39, 0.29) is 25.7 Å². The zero-order valence-corrected chi connectivity index (χ0v) is 61.6. The number of esters is 4. The third kappa shape index (κ3) is 66.7. The molecule has 0 spiro atoms. The second-order valence-corrected chi connectivity index (χ2v) is 30.2. The standard InChI is InChI=1S/C73H142O17P2/c1-7-9-11-13-15-30-39-45-51-57-72(77)89-68(61-83-70(75)55-49-43-37-16-14-12-10-8-2)63-87-91(79,80)85-59-67(74)60-86-92(81,82)88-64-69(62-84-71(76)56-50-44-38-33-28-24-21-20-23-27-32-36-42-48-54-66(5)6)90-73(78)58-52-46-40-34-29-25-19-17-18-22-26-31-35-41-47-53-65(3)4/h65-69,74H,7-64H2,1-6H3,(H,79,80)(H,81,82)/t67-,68+,69+/m0/s1. The normalized spacial score (nSPS) is 14.1. The molecule has 0 aromatic carbocycles. The fourth-order valence-electron chi connectivity index (χ4n) is 11.1. The number of hydrogen-bond donors (Lipinski definition) is 3. The van der Waals surface area contributed by atoms with Crippen LogP contribution in [0.15, 0.2) is 0 Å². The van der Waals surface area contributed by atoms with Crippen molar-refractivity contribution in [2.75, 3.05) is 39.6 Å². The third-order valence-corrected chi connectivity index (χ3v) is 18.9. The van der Waals surface area contributed by atoms with Gasteiger partial charge in [-0.25, -0.2) is 9.13 Å². The average molecular weight is 1350 g/mol. The highest BCUT2D eigenvalue weighted by Gasteiger charge is 2.30. The summed E-state index contributed by atoms with van der Waals surface area (Å²) >= 11 is 0. The first-order valence-corrected chi connectivity index (χ1v) is 41.0. The van der Waals surface area contributed by atoms with Crippen LogP contribution in [0.5, 0.6) is 0 Å². The molecule has 5 atom stereocenters. The van der Waals surface area contributed by atoms with Crippen molar-refractivity contribution in [1.29, 1.82) is 0 Å². The average Bonchev–Trinajstić information content (AvgIpc) is 2.65. The Kier molecular flexibility index (Phi) is 63.7. The van der Waals surface area contributed by atoms with Crippen molar-refractivity contribution in [3.8, 4) is 0 Å². The van der Waals surface area contributed by atoms with E-state index in [2.05, 4.69) is 41.5 Å². The molecular weight excluding hydrogens is 1210 g/mol. The van der Waals surface area contributed by atoms with Crippen molar-refractivity contribution in [2.45, 2.75) is 394 Å². The summed E-state index contributed by atoms with van der Waals surface area (Å²) in [6.07, 6.45) is 51.4. The molecule has 3 N–H and O–H groups in total. The summed E-state index contributed by atoms with van der Waals surface area (Å²) < 4.78 is 68.3. The zero-order chi connectivity index (χ0) is 67.9. The molecule has 17 nitrogen and oxygen atoms in total. The summed E-state index contributed by atoms with van der Waals surface area (Å²) in [6, 6.07) is 0. The van der Waals surface area contributed by atoms with Crippen LogP contribution in [0.1, 0.15) is 375 Å². The van der Waals surface area contributed by atoms with Gasteiger partial charge in [-0.2, -0.15) is 0 Å². The van der Waals surface area contributed by atoms with E-state index in [1.165, 1.54) is 186 Å². The van der Waals surface area contributed by atoms with Gasteiger partial charge in [-0.3, -0.25) is 37.3 Å². The molecule has 0 rings (SSSR count). The van der Waals surface area contributed by atoms with E-state index in [1.54, 1.807) is 0 Å². The summed E-state index contributed by atoms with van der Waals surface area (Å²) in [5, 5.41) is 10.6. The Balaban J connectivity index is 5.18. The number of ether oxygens (including phenoxy) is 4. The minimum atomic E-state index is -4.95. The fraction of sp³-hybridized carbons (Fsp3) is 0.945. The zero-order valence-electron chi connectivity index (χ0n) is 59.9. The quantitative estimate of drug-likeness (QED) is 0.0222. The van der Waals surface area contributed by atoms with Crippen molar-refractivity contribution in [3.63, 3.8) is 0 Å². The molecular formula is C73H142O17P2. The van der Waals surface area contributed by atoms with Gasteiger partial charge >= 0.3 is 39.5 Å². The predicted octanol–water partition coefficient (Wildman–Crippen LogP) is 21.2. The lowest BCUT2D eigenvalue weighted by Crippen LogP contribution is -2.30. The lowest BCUT2D eigenvalue weighted by Gasteiger charge is -2.21. The summed E-state index contributed by atoms with van der Waals surface area (Å²) in [5.74, 6) is -0.521. The van der Waals surface area contributed by atoms with Crippen LogP contribution in [-0.4, -0.2) is 96.7 Å². The molecule has 2 unspecified atom stereocenters. The second-order valence-electron chi connectivity index (χ2n) is 27.3. The third-order valence-electron chi connectivity index (χ3n) is 17.0. The Morgan fingerprint density at radius 1 is 0.293 bits per heavy atom. The first kappa shape index (κ1) is 90.1. The van der Waals surface area contributed by atoms with E-state index < -0.39 is 97.5 Å². The Hall–Kier alpha value is -1.94. The van der Waals surface area contributed by atoms with E-state index in [0.29, 0.717) is 25.7 Å². The predicted molar refractivity (Wildman–Crippen MR) is 372 cm³/mol. The lowest BCUT2D eigenvalue weighted by molar-refractivity contribution is -0.161. The number of rotatable bonds is 72. The molecule has 0 aliphatic heterocycles. The van der Waals surface area contributed by atoms with Crippen LogP contribution in [0.25, 0.3) is 0 Å². The molecule has 0 aromatic heterocycles. The summed E-state index contributed by atoms with van der Waals surface area (Å²) in [4.78, 5) is 72.5. The van der Waals surface area contributed by atoms with E-state index in [9.17, 15) is 43.2 Å². The number of carbonyl (C=O) groups is 4. The number of aliphatic hydroxyl groups excluding tert-OH is 1. The van der Waals surface area contributed by atoms with Crippen molar-refractivity contribution in [1.82, 2.24) is 0 Å². The molecule has 0 fully saturated rings. The molecule has 0 saturated carbocycles. The molecule has 0 amide bonds. The number of carbonyl (C=O) groups excluding carboxylic acids is 4. The number of aliphatic hydroxyl groups is 1. The minimum absolute atomic E-state index is 0.106.